The number of nitrogens with zero attached hydrogens (tertiary/aromatic N) is 4. The van der Waals surface area contributed by atoms with E-state index in [0.717, 1.165) is 22.6 Å². The number of anilines is 1. The molecule has 140 valence electrons. The van der Waals surface area contributed by atoms with Crippen LogP contribution < -0.4 is 5.32 Å². The van der Waals surface area contributed by atoms with E-state index in [9.17, 15) is 4.79 Å². The predicted octanol–water partition coefficient (Wildman–Crippen LogP) is 4.44. The highest BCUT2D eigenvalue weighted by molar-refractivity contribution is 6.31. The van der Waals surface area contributed by atoms with Crippen LogP contribution in [0, 0.1) is 13.8 Å². The van der Waals surface area contributed by atoms with E-state index in [1.54, 1.807) is 28.9 Å². The van der Waals surface area contributed by atoms with E-state index in [-0.39, 0.29) is 5.91 Å². The first-order chi connectivity index (χ1) is 13.5. The van der Waals surface area contributed by atoms with Gasteiger partial charge in [-0.1, -0.05) is 17.7 Å². The second-order valence-corrected chi connectivity index (χ2v) is 6.60. The van der Waals surface area contributed by atoms with Crippen LogP contribution in [0.1, 0.15) is 21.7 Å². The minimum Gasteiger partial charge on any atom is -0.423 e. The normalized spacial score (nSPS) is 10.8. The number of carbonyl (C=O) groups is 1. The molecule has 28 heavy (non-hydrogen) atoms. The van der Waals surface area contributed by atoms with Gasteiger partial charge in [0.15, 0.2) is 0 Å². The van der Waals surface area contributed by atoms with Crippen molar-refractivity contribution in [3.05, 3.63) is 76.9 Å². The van der Waals surface area contributed by atoms with E-state index in [1.165, 1.54) is 6.39 Å². The third-order valence-corrected chi connectivity index (χ3v) is 4.85. The minimum absolute atomic E-state index is 0.222. The molecule has 1 amide bonds. The zero-order valence-corrected chi connectivity index (χ0v) is 15.9. The first kappa shape index (κ1) is 17.9. The molecular weight excluding hydrogens is 378 g/mol. The van der Waals surface area contributed by atoms with Crippen molar-refractivity contribution in [1.82, 2.24) is 20.0 Å². The van der Waals surface area contributed by atoms with Gasteiger partial charge in [0.05, 0.1) is 22.1 Å². The number of carbonyl (C=O) groups excluding carboxylic acids is 1. The first-order valence-corrected chi connectivity index (χ1v) is 8.91. The number of nitrogens with one attached hydrogen (secondary N) is 1. The number of halogens is 1. The van der Waals surface area contributed by atoms with Gasteiger partial charge in [-0.3, -0.25) is 4.79 Å². The molecule has 8 heteroatoms. The van der Waals surface area contributed by atoms with Crippen molar-refractivity contribution < 1.29 is 9.21 Å². The van der Waals surface area contributed by atoms with Gasteiger partial charge in [-0.15, -0.1) is 10.2 Å². The molecule has 0 aliphatic rings. The topological polar surface area (TPSA) is 85.8 Å². The molecule has 0 aliphatic heterocycles. The van der Waals surface area contributed by atoms with Gasteiger partial charge in [0.25, 0.3) is 5.91 Å². The lowest BCUT2D eigenvalue weighted by Gasteiger charge is -2.08. The summed E-state index contributed by atoms with van der Waals surface area (Å²) >= 11 is 6.21. The number of benzene rings is 2. The van der Waals surface area contributed by atoms with E-state index in [1.807, 2.05) is 38.1 Å². The minimum atomic E-state index is -0.222. The molecule has 2 heterocycles. The number of hydrogen-bond donors (Lipinski definition) is 1. The van der Waals surface area contributed by atoms with Gasteiger partial charge in [0, 0.05) is 16.8 Å². The molecular formula is C20H16ClN5O2. The zero-order chi connectivity index (χ0) is 19.7. The van der Waals surface area contributed by atoms with Crippen molar-refractivity contribution in [1.29, 1.82) is 0 Å². The summed E-state index contributed by atoms with van der Waals surface area (Å²) in [6.45, 7) is 3.76. The van der Waals surface area contributed by atoms with E-state index in [0.29, 0.717) is 22.2 Å². The Hall–Kier alpha value is -3.45. The predicted molar refractivity (Wildman–Crippen MR) is 106 cm³/mol. The zero-order valence-electron chi connectivity index (χ0n) is 15.2. The summed E-state index contributed by atoms with van der Waals surface area (Å²) in [6.07, 6.45) is 1.26. The molecule has 0 atom stereocenters. The van der Waals surface area contributed by atoms with Crippen LogP contribution in [0.5, 0.6) is 0 Å². The quantitative estimate of drug-likeness (QED) is 0.553. The van der Waals surface area contributed by atoms with Gasteiger partial charge in [-0.2, -0.15) is 5.10 Å². The number of rotatable bonds is 4. The maximum absolute atomic E-state index is 12.6. The third kappa shape index (κ3) is 3.39. The smallest absolute Gasteiger partial charge is 0.255 e. The van der Waals surface area contributed by atoms with Crippen LogP contribution in [0.3, 0.4) is 0 Å². The van der Waals surface area contributed by atoms with Crippen LogP contribution in [0.15, 0.2) is 59.3 Å². The molecule has 0 bridgehead atoms. The second-order valence-electron chi connectivity index (χ2n) is 6.22. The SMILES string of the molecule is Cc1nn(-c2ccc(C(=O)Nc3cccc(-c4nnco4)c3)cc2)c(C)c1Cl. The van der Waals surface area contributed by atoms with Crippen molar-refractivity contribution in [3.8, 4) is 17.1 Å². The van der Waals surface area contributed by atoms with Crippen molar-refractivity contribution >= 4 is 23.2 Å². The van der Waals surface area contributed by atoms with Crippen molar-refractivity contribution in [2.24, 2.45) is 0 Å². The summed E-state index contributed by atoms with van der Waals surface area (Å²) in [5.41, 5.74) is 4.35. The van der Waals surface area contributed by atoms with Crippen LogP contribution in [-0.2, 0) is 0 Å². The van der Waals surface area contributed by atoms with E-state index in [4.69, 9.17) is 16.0 Å². The molecule has 0 unspecified atom stereocenters. The van der Waals surface area contributed by atoms with E-state index >= 15 is 0 Å². The monoisotopic (exact) mass is 393 g/mol. The molecule has 0 radical (unpaired) electrons. The van der Waals surface area contributed by atoms with Gasteiger partial charge in [0.2, 0.25) is 12.3 Å². The van der Waals surface area contributed by atoms with Gasteiger partial charge in [0.1, 0.15) is 0 Å². The van der Waals surface area contributed by atoms with Gasteiger partial charge >= 0.3 is 0 Å². The largest absolute Gasteiger partial charge is 0.423 e. The lowest BCUT2D eigenvalue weighted by atomic mass is 10.1. The third-order valence-electron chi connectivity index (χ3n) is 4.30. The Morgan fingerprint density at radius 2 is 1.93 bits per heavy atom. The standard InChI is InChI=1S/C20H16ClN5O2/c1-12-18(21)13(2)26(25-12)17-8-6-14(7-9-17)19(27)23-16-5-3-4-15(10-16)20-24-22-11-28-20/h3-11H,1-2H3,(H,23,27). The summed E-state index contributed by atoms with van der Waals surface area (Å²) in [5, 5.41) is 15.5. The molecule has 2 aromatic heterocycles. The Bertz CT molecular complexity index is 1130. The Balaban J connectivity index is 1.53. The average Bonchev–Trinajstić information content (AvgIpc) is 3.33. The highest BCUT2D eigenvalue weighted by Gasteiger charge is 2.12. The summed E-state index contributed by atoms with van der Waals surface area (Å²) in [5.74, 6) is 0.171. The molecule has 0 spiro atoms. The number of aromatic nitrogens is 4. The van der Waals surface area contributed by atoms with Crippen LogP contribution in [0.4, 0.5) is 5.69 Å². The number of aryl methyl sites for hydroxylation is 1. The fraction of sp³-hybridized carbons (Fsp3) is 0.100. The maximum Gasteiger partial charge on any atom is 0.255 e. The fourth-order valence-corrected chi connectivity index (χ4v) is 2.98. The number of hydrogen-bond acceptors (Lipinski definition) is 5. The first-order valence-electron chi connectivity index (χ1n) is 8.53. The Morgan fingerprint density at radius 1 is 1.14 bits per heavy atom. The summed E-state index contributed by atoms with van der Waals surface area (Å²) < 4.78 is 6.94. The second kappa shape index (κ2) is 7.28. The van der Waals surface area contributed by atoms with Gasteiger partial charge < -0.3 is 9.73 Å². The maximum atomic E-state index is 12.6. The Labute approximate surface area is 166 Å². The molecule has 4 rings (SSSR count). The van der Waals surface area contributed by atoms with Crippen molar-refractivity contribution in [2.75, 3.05) is 5.32 Å². The molecule has 0 aliphatic carbocycles. The van der Waals surface area contributed by atoms with Crippen LogP contribution in [-0.4, -0.2) is 25.9 Å². The molecule has 0 saturated heterocycles. The lowest BCUT2D eigenvalue weighted by Crippen LogP contribution is -2.12. The Kier molecular flexibility index (Phi) is 4.67. The average molecular weight is 394 g/mol. The fourth-order valence-electron chi connectivity index (χ4n) is 2.86. The molecule has 0 fully saturated rings. The molecule has 2 aromatic carbocycles. The molecule has 0 saturated carbocycles. The summed E-state index contributed by atoms with van der Waals surface area (Å²) in [7, 11) is 0. The van der Waals surface area contributed by atoms with Crippen LogP contribution in [0.2, 0.25) is 5.02 Å². The number of amides is 1. The molecule has 1 N–H and O–H groups in total. The van der Waals surface area contributed by atoms with E-state index < -0.39 is 0 Å². The van der Waals surface area contributed by atoms with Crippen molar-refractivity contribution in [3.63, 3.8) is 0 Å². The highest BCUT2D eigenvalue weighted by atomic mass is 35.5. The van der Waals surface area contributed by atoms with Gasteiger partial charge in [-0.05, 0) is 56.3 Å². The van der Waals surface area contributed by atoms with Crippen LogP contribution >= 0.6 is 11.6 Å². The van der Waals surface area contributed by atoms with E-state index in [2.05, 4.69) is 20.6 Å². The van der Waals surface area contributed by atoms with Crippen molar-refractivity contribution in [2.45, 2.75) is 13.8 Å². The van der Waals surface area contributed by atoms with Crippen LogP contribution in [0.25, 0.3) is 17.1 Å². The summed E-state index contributed by atoms with van der Waals surface area (Å²) in [4.78, 5) is 12.6. The molecule has 7 nitrogen and oxygen atoms in total. The Morgan fingerprint density at radius 3 is 2.57 bits per heavy atom. The molecule has 4 aromatic rings. The lowest BCUT2D eigenvalue weighted by molar-refractivity contribution is 0.102. The summed E-state index contributed by atoms with van der Waals surface area (Å²) in [6, 6.07) is 14.4. The highest BCUT2D eigenvalue weighted by Crippen LogP contribution is 2.23. The van der Waals surface area contributed by atoms with Gasteiger partial charge in [-0.25, -0.2) is 4.68 Å².